The summed E-state index contributed by atoms with van der Waals surface area (Å²) < 4.78 is 0. The molecule has 0 aliphatic carbocycles. The molecule has 0 aromatic heterocycles. The fourth-order valence-corrected chi connectivity index (χ4v) is 2.41. The summed E-state index contributed by atoms with van der Waals surface area (Å²) in [5, 5.41) is 11.5. The molecular weight excluding hydrogens is 218 g/mol. The zero-order valence-electron chi connectivity index (χ0n) is 10.5. The van der Waals surface area contributed by atoms with E-state index in [2.05, 4.69) is 49.9 Å². The molecule has 92 valence electrons. The van der Waals surface area contributed by atoms with Crippen molar-refractivity contribution in [1.82, 2.24) is 10.4 Å². The maximum Gasteiger partial charge on any atom is 0.120 e. The van der Waals surface area contributed by atoms with Crippen LogP contribution >= 0.6 is 12.6 Å². The predicted molar refractivity (Wildman–Crippen MR) is 70.2 cm³/mol. The molecule has 0 spiro atoms. The van der Waals surface area contributed by atoms with Gasteiger partial charge in [-0.15, -0.1) is 0 Å². The van der Waals surface area contributed by atoms with Gasteiger partial charge in [0.25, 0.3) is 0 Å². The van der Waals surface area contributed by atoms with E-state index in [0.717, 1.165) is 6.42 Å². The molecule has 1 aliphatic rings. The van der Waals surface area contributed by atoms with Gasteiger partial charge in [-0.3, -0.25) is 0 Å². The van der Waals surface area contributed by atoms with Gasteiger partial charge in [0.1, 0.15) is 6.04 Å². The molecule has 4 unspecified atom stereocenters. The lowest BCUT2D eigenvalue weighted by molar-refractivity contribution is 0.0373. The first-order chi connectivity index (χ1) is 7.60. The highest BCUT2D eigenvalue weighted by Crippen LogP contribution is 2.21. The maximum absolute atomic E-state index is 9.14. The zero-order valence-corrected chi connectivity index (χ0v) is 11.4. The molecule has 4 atom stereocenters. The summed E-state index contributed by atoms with van der Waals surface area (Å²) in [6, 6.07) is 3.15. The van der Waals surface area contributed by atoms with Gasteiger partial charge in [-0.25, -0.2) is 10.4 Å². The minimum absolute atomic E-state index is 0.103. The quantitative estimate of drug-likeness (QED) is 0.742. The second kappa shape index (κ2) is 6.48. The number of hydrazine groups is 1. The molecule has 1 heterocycles. The molecule has 0 amide bonds. The van der Waals surface area contributed by atoms with Crippen molar-refractivity contribution in [3.63, 3.8) is 0 Å². The fourth-order valence-electron chi connectivity index (χ4n) is 2.27. The summed E-state index contributed by atoms with van der Waals surface area (Å²) in [5.41, 5.74) is 3.35. The van der Waals surface area contributed by atoms with Crippen LogP contribution < -0.4 is 5.43 Å². The minimum Gasteiger partial charge on any atom is -0.238 e. The Morgan fingerprint density at radius 1 is 1.44 bits per heavy atom. The number of thiol groups is 1. The summed E-state index contributed by atoms with van der Waals surface area (Å²) in [4.78, 5) is 0. The van der Waals surface area contributed by atoms with E-state index < -0.39 is 0 Å². The van der Waals surface area contributed by atoms with Crippen molar-refractivity contribution < 1.29 is 0 Å². The summed E-state index contributed by atoms with van der Waals surface area (Å²) in [5.74, 6) is 0. The van der Waals surface area contributed by atoms with E-state index in [-0.39, 0.29) is 11.3 Å². The Kier molecular flexibility index (Phi) is 5.60. The molecule has 1 saturated heterocycles. The fraction of sp³-hybridized carbons (Fsp3) is 0.917. The highest BCUT2D eigenvalue weighted by molar-refractivity contribution is 7.81. The number of nitrogens with zero attached hydrogens (tertiary/aromatic N) is 2. The van der Waals surface area contributed by atoms with E-state index in [0.29, 0.717) is 12.1 Å². The number of hydrogen-bond donors (Lipinski definition) is 2. The van der Waals surface area contributed by atoms with Crippen LogP contribution in [0.4, 0.5) is 0 Å². The van der Waals surface area contributed by atoms with Crippen molar-refractivity contribution in [2.24, 2.45) is 0 Å². The Balaban J connectivity index is 2.59. The Morgan fingerprint density at radius 3 is 2.44 bits per heavy atom. The van der Waals surface area contributed by atoms with Gasteiger partial charge in [0.15, 0.2) is 0 Å². The highest BCUT2D eigenvalue weighted by atomic mass is 32.1. The summed E-state index contributed by atoms with van der Waals surface area (Å²) in [6.07, 6.45) is 4.61. The largest absolute Gasteiger partial charge is 0.238 e. The van der Waals surface area contributed by atoms with Crippen molar-refractivity contribution in [3.8, 4) is 6.07 Å². The smallest absolute Gasteiger partial charge is 0.120 e. The van der Waals surface area contributed by atoms with Crippen LogP contribution in [0.1, 0.15) is 46.5 Å². The SMILES string of the molecule is CCC(S)C(C#N)NN1C(C)CCCC1C. The number of nitriles is 1. The number of rotatable bonds is 4. The van der Waals surface area contributed by atoms with Gasteiger partial charge in [0, 0.05) is 17.3 Å². The van der Waals surface area contributed by atoms with Crippen LogP contribution in [0.15, 0.2) is 0 Å². The molecule has 1 rings (SSSR count). The topological polar surface area (TPSA) is 39.1 Å². The van der Waals surface area contributed by atoms with Gasteiger partial charge < -0.3 is 0 Å². The van der Waals surface area contributed by atoms with E-state index in [9.17, 15) is 0 Å². The van der Waals surface area contributed by atoms with Crippen LogP contribution in [0.5, 0.6) is 0 Å². The molecule has 0 radical (unpaired) electrons. The molecule has 0 aromatic rings. The number of nitrogens with one attached hydrogen (secondary N) is 1. The molecule has 0 aromatic carbocycles. The zero-order chi connectivity index (χ0) is 12.1. The maximum atomic E-state index is 9.14. The van der Waals surface area contributed by atoms with Crippen molar-refractivity contribution in [2.75, 3.05) is 0 Å². The molecule has 1 aliphatic heterocycles. The Morgan fingerprint density at radius 2 is 2.00 bits per heavy atom. The summed E-state index contributed by atoms with van der Waals surface area (Å²) in [7, 11) is 0. The average molecular weight is 241 g/mol. The van der Waals surface area contributed by atoms with Crippen LogP contribution in [-0.4, -0.2) is 28.4 Å². The van der Waals surface area contributed by atoms with Gasteiger partial charge >= 0.3 is 0 Å². The molecule has 0 saturated carbocycles. The van der Waals surface area contributed by atoms with E-state index in [1.54, 1.807) is 0 Å². The van der Waals surface area contributed by atoms with Crippen LogP contribution in [0.2, 0.25) is 0 Å². The first-order valence-electron chi connectivity index (χ1n) is 6.22. The third-order valence-electron chi connectivity index (χ3n) is 3.42. The first-order valence-corrected chi connectivity index (χ1v) is 6.74. The number of piperidine rings is 1. The second-order valence-corrected chi connectivity index (χ2v) is 5.41. The lowest BCUT2D eigenvalue weighted by Crippen LogP contribution is -2.57. The van der Waals surface area contributed by atoms with Crippen LogP contribution in [0.25, 0.3) is 0 Å². The van der Waals surface area contributed by atoms with Crippen LogP contribution in [-0.2, 0) is 0 Å². The monoisotopic (exact) mass is 241 g/mol. The standard InChI is InChI=1S/C12H23N3S/c1-4-12(16)11(8-13)14-15-9(2)6-5-7-10(15)3/h9-12,14,16H,4-7H2,1-3H3. The van der Waals surface area contributed by atoms with Crippen molar-refractivity contribution in [3.05, 3.63) is 0 Å². The molecule has 1 N–H and O–H groups in total. The third kappa shape index (κ3) is 3.38. The molecule has 3 nitrogen and oxygen atoms in total. The first kappa shape index (κ1) is 13.8. The van der Waals surface area contributed by atoms with Gasteiger partial charge in [-0.05, 0) is 33.1 Å². The molecule has 16 heavy (non-hydrogen) atoms. The van der Waals surface area contributed by atoms with Gasteiger partial charge in [-0.1, -0.05) is 13.3 Å². The molecule has 1 fully saturated rings. The van der Waals surface area contributed by atoms with E-state index in [4.69, 9.17) is 5.26 Å². The van der Waals surface area contributed by atoms with E-state index >= 15 is 0 Å². The lowest BCUT2D eigenvalue weighted by atomic mass is 9.99. The van der Waals surface area contributed by atoms with Crippen molar-refractivity contribution in [2.45, 2.75) is 69.8 Å². The van der Waals surface area contributed by atoms with Crippen molar-refractivity contribution in [1.29, 1.82) is 5.26 Å². The highest BCUT2D eigenvalue weighted by Gasteiger charge is 2.28. The predicted octanol–water partition coefficient (Wildman–Crippen LogP) is 2.35. The summed E-state index contributed by atoms with van der Waals surface area (Å²) in [6.45, 7) is 6.50. The summed E-state index contributed by atoms with van der Waals surface area (Å²) >= 11 is 4.45. The normalized spacial score (nSPS) is 30.7. The molecule has 0 bridgehead atoms. The van der Waals surface area contributed by atoms with Gasteiger partial charge in [0.2, 0.25) is 0 Å². The molecule has 4 heteroatoms. The van der Waals surface area contributed by atoms with Crippen LogP contribution in [0, 0.1) is 11.3 Å². The third-order valence-corrected chi connectivity index (χ3v) is 4.09. The Labute approximate surface area is 105 Å². The van der Waals surface area contributed by atoms with Crippen molar-refractivity contribution >= 4 is 12.6 Å². The second-order valence-electron chi connectivity index (χ2n) is 4.75. The van der Waals surface area contributed by atoms with E-state index in [1.807, 2.05) is 0 Å². The minimum atomic E-state index is -0.184. The number of hydrogen-bond acceptors (Lipinski definition) is 4. The van der Waals surface area contributed by atoms with Gasteiger partial charge in [-0.2, -0.15) is 17.9 Å². The Hall–Kier alpha value is -0.240. The Bertz CT molecular complexity index is 241. The lowest BCUT2D eigenvalue weighted by Gasteiger charge is -2.40. The average Bonchev–Trinajstić information content (AvgIpc) is 2.28. The van der Waals surface area contributed by atoms with Gasteiger partial charge in [0.05, 0.1) is 6.07 Å². The molecular formula is C12H23N3S. The van der Waals surface area contributed by atoms with Crippen LogP contribution in [0.3, 0.4) is 0 Å². The van der Waals surface area contributed by atoms with E-state index in [1.165, 1.54) is 19.3 Å².